The van der Waals surface area contributed by atoms with Crippen molar-refractivity contribution in [2.75, 3.05) is 39.2 Å². The Balaban J connectivity index is 1.66. The van der Waals surface area contributed by atoms with E-state index in [0.717, 1.165) is 18.8 Å². The number of hydrogen-bond donors (Lipinski definition) is 1. The summed E-state index contributed by atoms with van der Waals surface area (Å²) in [6.45, 7) is 3.29. The first kappa shape index (κ1) is 20.9. The van der Waals surface area contributed by atoms with Gasteiger partial charge in [0, 0.05) is 52.2 Å². The minimum atomic E-state index is -0.129. The van der Waals surface area contributed by atoms with Gasteiger partial charge in [-0.1, -0.05) is 0 Å². The fourth-order valence-electron chi connectivity index (χ4n) is 3.33. The smallest absolute Gasteiger partial charge is 0.248 e. The molecule has 3 heterocycles. The van der Waals surface area contributed by atoms with E-state index in [0.29, 0.717) is 18.8 Å². The van der Waals surface area contributed by atoms with E-state index in [9.17, 15) is 9.59 Å². The Labute approximate surface area is 169 Å². The predicted octanol–water partition coefficient (Wildman–Crippen LogP) is 0.552. The van der Waals surface area contributed by atoms with Crippen LogP contribution in [0.25, 0.3) is 0 Å². The first-order chi connectivity index (χ1) is 13.9. The SMILES string of the molecule is CC(=O)Nc1cnn([C@H]2C[C@@H](COCC(=O)N(C)C)N(Cc3ncccn3)C2)c1. The molecule has 1 N–H and O–H groups in total. The van der Waals surface area contributed by atoms with Gasteiger partial charge in [0.15, 0.2) is 0 Å². The first-order valence-corrected chi connectivity index (χ1v) is 9.52. The lowest BCUT2D eigenvalue weighted by Crippen LogP contribution is -2.35. The lowest BCUT2D eigenvalue weighted by Gasteiger charge is -2.23. The van der Waals surface area contributed by atoms with E-state index in [-0.39, 0.29) is 30.5 Å². The minimum absolute atomic E-state index is 0.0539. The highest BCUT2D eigenvalue weighted by atomic mass is 16.5. The maximum atomic E-state index is 11.8. The van der Waals surface area contributed by atoms with Crippen LogP contribution < -0.4 is 5.32 Å². The molecule has 0 aliphatic carbocycles. The molecule has 0 unspecified atom stereocenters. The number of nitrogens with one attached hydrogen (secondary N) is 1. The molecule has 156 valence electrons. The van der Waals surface area contributed by atoms with Crippen molar-refractivity contribution in [3.05, 3.63) is 36.7 Å². The van der Waals surface area contributed by atoms with Crippen molar-refractivity contribution in [3.8, 4) is 0 Å². The lowest BCUT2D eigenvalue weighted by molar-refractivity contribution is -0.134. The number of nitrogens with zero attached hydrogens (tertiary/aromatic N) is 6. The zero-order valence-corrected chi connectivity index (χ0v) is 17.0. The molecule has 0 radical (unpaired) electrons. The molecule has 29 heavy (non-hydrogen) atoms. The van der Waals surface area contributed by atoms with Gasteiger partial charge in [-0.2, -0.15) is 5.10 Å². The van der Waals surface area contributed by atoms with Crippen LogP contribution in [0.5, 0.6) is 0 Å². The van der Waals surface area contributed by atoms with Crippen LogP contribution in [-0.4, -0.2) is 81.3 Å². The van der Waals surface area contributed by atoms with E-state index in [2.05, 4.69) is 25.3 Å². The Bertz CT molecular complexity index is 824. The number of carbonyl (C=O) groups is 2. The van der Waals surface area contributed by atoms with Crippen molar-refractivity contribution >= 4 is 17.5 Å². The third kappa shape index (κ3) is 5.81. The summed E-state index contributed by atoms with van der Waals surface area (Å²) >= 11 is 0. The second kappa shape index (κ2) is 9.57. The average molecular weight is 401 g/mol. The van der Waals surface area contributed by atoms with Crippen LogP contribution in [-0.2, 0) is 20.9 Å². The number of rotatable bonds is 8. The predicted molar refractivity (Wildman–Crippen MR) is 106 cm³/mol. The molecule has 3 rings (SSSR count). The summed E-state index contributed by atoms with van der Waals surface area (Å²) in [5.41, 5.74) is 0.673. The zero-order chi connectivity index (χ0) is 20.8. The molecule has 1 saturated heterocycles. The van der Waals surface area contributed by atoms with Gasteiger partial charge in [0.1, 0.15) is 12.4 Å². The summed E-state index contributed by atoms with van der Waals surface area (Å²) in [4.78, 5) is 35.4. The molecular formula is C19H27N7O3. The van der Waals surface area contributed by atoms with Crippen molar-refractivity contribution < 1.29 is 14.3 Å². The summed E-state index contributed by atoms with van der Waals surface area (Å²) < 4.78 is 7.56. The largest absolute Gasteiger partial charge is 0.370 e. The summed E-state index contributed by atoms with van der Waals surface area (Å²) in [6.07, 6.45) is 7.74. The molecule has 0 saturated carbocycles. The summed E-state index contributed by atoms with van der Waals surface area (Å²) in [6, 6.07) is 2.02. The van der Waals surface area contributed by atoms with Gasteiger partial charge in [0.2, 0.25) is 11.8 Å². The maximum Gasteiger partial charge on any atom is 0.248 e. The molecule has 2 atom stereocenters. The highest BCUT2D eigenvalue weighted by Gasteiger charge is 2.34. The molecule has 2 aromatic rings. The Morgan fingerprint density at radius 2 is 2.07 bits per heavy atom. The van der Waals surface area contributed by atoms with Crippen LogP contribution in [0.3, 0.4) is 0 Å². The van der Waals surface area contributed by atoms with Crippen LogP contribution in [0.1, 0.15) is 25.2 Å². The molecule has 0 aromatic carbocycles. The number of carbonyl (C=O) groups excluding carboxylic acids is 2. The molecule has 10 heteroatoms. The van der Waals surface area contributed by atoms with Crippen molar-refractivity contribution in [2.45, 2.75) is 32.0 Å². The topological polar surface area (TPSA) is 105 Å². The fourth-order valence-corrected chi connectivity index (χ4v) is 3.33. The van der Waals surface area contributed by atoms with Gasteiger partial charge in [-0.15, -0.1) is 0 Å². The molecule has 10 nitrogen and oxygen atoms in total. The highest BCUT2D eigenvalue weighted by molar-refractivity contribution is 5.88. The molecule has 1 aliphatic heterocycles. The van der Waals surface area contributed by atoms with Crippen molar-refractivity contribution in [3.63, 3.8) is 0 Å². The number of anilines is 1. The second-order valence-corrected chi connectivity index (χ2v) is 7.33. The monoisotopic (exact) mass is 401 g/mol. The quantitative estimate of drug-likeness (QED) is 0.689. The Morgan fingerprint density at radius 1 is 1.31 bits per heavy atom. The van der Waals surface area contributed by atoms with Crippen molar-refractivity contribution in [1.29, 1.82) is 0 Å². The van der Waals surface area contributed by atoms with Gasteiger partial charge >= 0.3 is 0 Å². The molecule has 0 spiro atoms. The summed E-state index contributed by atoms with van der Waals surface area (Å²) in [5.74, 6) is 0.544. The van der Waals surface area contributed by atoms with Gasteiger partial charge in [0.05, 0.1) is 31.1 Å². The van der Waals surface area contributed by atoms with E-state index in [1.807, 2.05) is 10.9 Å². The highest BCUT2D eigenvalue weighted by Crippen LogP contribution is 2.29. The van der Waals surface area contributed by atoms with E-state index < -0.39 is 0 Å². The Morgan fingerprint density at radius 3 is 2.76 bits per heavy atom. The number of ether oxygens (including phenoxy) is 1. The maximum absolute atomic E-state index is 11.8. The van der Waals surface area contributed by atoms with Gasteiger partial charge in [-0.25, -0.2) is 9.97 Å². The first-order valence-electron chi connectivity index (χ1n) is 9.52. The van der Waals surface area contributed by atoms with Crippen LogP contribution in [0.2, 0.25) is 0 Å². The number of likely N-dealkylation sites (tertiary alicyclic amines) is 1. The third-order valence-corrected chi connectivity index (χ3v) is 4.80. The number of aromatic nitrogens is 4. The van der Waals surface area contributed by atoms with E-state index in [1.54, 1.807) is 38.8 Å². The van der Waals surface area contributed by atoms with E-state index >= 15 is 0 Å². The standard InChI is InChI=1S/C19H27N7O3/c1-14(27)23-15-8-22-26(9-15)16-7-17(12-29-13-19(28)24(2)3)25(10-16)11-18-20-5-4-6-21-18/h4-6,8-9,16-17H,7,10-13H2,1-3H3,(H,23,27)/t16-,17-/m0/s1. The molecule has 0 bridgehead atoms. The molecular weight excluding hydrogens is 374 g/mol. The van der Waals surface area contributed by atoms with Gasteiger partial charge in [-0.05, 0) is 12.5 Å². The van der Waals surface area contributed by atoms with Crippen LogP contribution in [0, 0.1) is 0 Å². The molecule has 2 aromatic heterocycles. The second-order valence-electron chi connectivity index (χ2n) is 7.33. The Kier molecular flexibility index (Phi) is 6.89. The molecule has 1 aliphatic rings. The van der Waals surface area contributed by atoms with Crippen molar-refractivity contribution in [2.24, 2.45) is 0 Å². The average Bonchev–Trinajstić information content (AvgIpc) is 3.29. The van der Waals surface area contributed by atoms with Gasteiger partial charge in [0.25, 0.3) is 0 Å². The van der Waals surface area contributed by atoms with E-state index in [4.69, 9.17) is 4.74 Å². The Hall–Kier alpha value is -2.85. The number of amides is 2. The van der Waals surface area contributed by atoms with Crippen LogP contribution in [0.4, 0.5) is 5.69 Å². The fraction of sp³-hybridized carbons (Fsp3) is 0.526. The van der Waals surface area contributed by atoms with Gasteiger partial charge < -0.3 is 15.0 Å². The molecule has 1 fully saturated rings. The van der Waals surface area contributed by atoms with Crippen LogP contribution in [0.15, 0.2) is 30.9 Å². The number of likely N-dealkylation sites (N-methyl/N-ethyl adjacent to an activating group) is 1. The normalized spacial score (nSPS) is 19.3. The van der Waals surface area contributed by atoms with Gasteiger partial charge in [-0.3, -0.25) is 19.2 Å². The lowest BCUT2D eigenvalue weighted by atomic mass is 10.2. The third-order valence-electron chi connectivity index (χ3n) is 4.80. The summed E-state index contributed by atoms with van der Waals surface area (Å²) in [5, 5.41) is 7.15. The summed E-state index contributed by atoms with van der Waals surface area (Å²) in [7, 11) is 3.42. The zero-order valence-electron chi connectivity index (χ0n) is 17.0. The van der Waals surface area contributed by atoms with Crippen molar-refractivity contribution in [1.82, 2.24) is 29.5 Å². The number of hydrogen-bond acceptors (Lipinski definition) is 7. The minimum Gasteiger partial charge on any atom is -0.370 e. The molecule has 2 amide bonds. The van der Waals surface area contributed by atoms with Crippen LogP contribution >= 0.6 is 0 Å². The van der Waals surface area contributed by atoms with E-state index in [1.165, 1.54) is 11.8 Å².